The van der Waals surface area contributed by atoms with Crippen molar-refractivity contribution in [3.63, 3.8) is 0 Å². The van der Waals surface area contributed by atoms with Crippen LogP contribution in [0.4, 0.5) is 0 Å². The van der Waals surface area contributed by atoms with Crippen molar-refractivity contribution in [2.24, 2.45) is 0 Å². The fourth-order valence-electron chi connectivity index (χ4n) is 9.30. The molecule has 0 saturated heterocycles. The topological polar surface area (TPSA) is 59.4 Å². The van der Waals surface area contributed by atoms with E-state index in [-0.39, 0.29) is 0 Å². The SMILES string of the molecule is N#Cc1c(-n2c3ccccc3c3ccccc32)cc(-c2cc([Si](c3ccccc3)(c3ccccc3)c3ccccc3)ccn2)nc1-n1c2ccccc2c2ccccc21. The minimum absolute atomic E-state index is 0.476. The fraction of sp³-hybridized carbons (Fsp3) is 0. The lowest BCUT2D eigenvalue weighted by Gasteiger charge is -2.34. The van der Waals surface area contributed by atoms with E-state index in [1.54, 1.807) is 0 Å². The molecule has 4 aromatic heterocycles. The maximum atomic E-state index is 11.3. The summed E-state index contributed by atoms with van der Waals surface area (Å²) >= 11 is 0. The van der Waals surface area contributed by atoms with Gasteiger partial charge in [0, 0.05) is 27.7 Å². The number of para-hydroxylation sites is 4. The van der Waals surface area contributed by atoms with E-state index in [2.05, 4.69) is 209 Å². The molecule has 4 heterocycles. The highest BCUT2D eigenvalue weighted by Gasteiger charge is 2.41. The number of rotatable bonds is 7. The molecule has 0 spiro atoms. The van der Waals surface area contributed by atoms with Gasteiger partial charge < -0.3 is 4.57 Å². The zero-order chi connectivity index (χ0) is 39.3. The van der Waals surface area contributed by atoms with E-state index in [1.165, 1.54) is 20.7 Å². The molecule has 11 aromatic rings. The van der Waals surface area contributed by atoms with Crippen LogP contribution in [0, 0.1) is 11.3 Å². The Morgan fingerprint density at radius 1 is 0.407 bits per heavy atom. The Morgan fingerprint density at radius 3 is 1.25 bits per heavy atom. The zero-order valence-corrected chi connectivity index (χ0v) is 32.9. The monoisotopic (exact) mass is 769 g/mol. The molecule has 5 nitrogen and oxygen atoms in total. The van der Waals surface area contributed by atoms with E-state index in [4.69, 9.17) is 9.97 Å². The van der Waals surface area contributed by atoms with Crippen LogP contribution in [0.25, 0.3) is 66.5 Å². The molecule has 0 aliphatic carbocycles. The molecule has 0 radical (unpaired) electrons. The molecule has 0 saturated carbocycles. The van der Waals surface area contributed by atoms with Crippen molar-refractivity contribution in [2.45, 2.75) is 0 Å². The van der Waals surface area contributed by atoms with Gasteiger partial charge in [0.2, 0.25) is 0 Å². The fourth-order valence-corrected chi connectivity index (χ4v) is 14.1. The largest absolute Gasteiger partial charge is 0.308 e. The average molecular weight is 770 g/mol. The number of pyridine rings is 2. The van der Waals surface area contributed by atoms with Gasteiger partial charge in [-0.1, -0.05) is 164 Å². The van der Waals surface area contributed by atoms with Crippen molar-refractivity contribution in [3.8, 4) is 29.0 Å². The summed E-state index contributed by atoms with van der Waals surface area (Å²) in [5.74, 6) is 0.559. The number of nitrogens with zero attached hydrogens (tertiary/aromatic N) is 5. The van der Waals surface area contributed by atoms with Crippen LogP contribution >= 0.6 is 0 Å². The first-order valence-corrected chi connectivity index (χ1v) is 21.8. The molecule has 0 bridgehead atoms. The first kappa shape index (κ1) is 34.4. The molecule has 0 N–H and O–H groups in total. The number of hydrogen-bond acceptors (Lipinski definition) is 3. The molecular weight excluding hydrogens is 735 g/mol. The second-order valence-corrected chi connectivity index (χ2v) is 18.7. The molecule has 0 fully saturated rings. The Labute approximate surface area is 342 Å². The van der Waals surface area contributed by atoms with Gasteiger partial charge in [-0.25, -0.2) is 4.98 Å². The van der Waals surface area contributed by atoms with Gasteiger partial charge in [-0.2, -0.15) is 5.26 Å². The quantitative estimate of drug-likeness (QED) is 0.120. The number of fused-ring (bicyclic) bond motifs is 6. The molecule has 276 valence electrons. The lowest BCUT2D eigenvalue weighted by atomic mass is 10.1. The van der Waals surface area contributed by atoms with Crippen LogP contribution in [0.15, 0.2) is 212 Å². The lowest BCUT2D eigenvalue weighted by molar-refractivity contribution is 1.04. The van der Waals surface area contributed by atoms with E-state index in [1.807, 2.05) is 18.3 Å². The van der Waals surface area contributed by atoms with Gasteiger partial charge in [-0.3, -0.25) is 9.55 Å². The van der Waals surface area contributed by atoms with Gasteiger partial charge in [0.25, 0.3) is 0 Å². The third-order valence-corrected chi connectivity index (χ3v) is 16.6. The molecule has 0 amide bonds. The van der Waals surface area contributed by atoms with E-state index in [9.17, 15) is 5.26 Å². The zero-order valence-electron chi connectivity index (χ0n) is 31.9. The Bertz CT molecular complexity index is 3060. The van der Waals surface area contributed by atoms with Gasteiger partial charge in [-0.15, -0.1) is 0 Å². The highest BCUT2D eigenvalue weighted by atomic mass is 28.3. The highest BCUT2D eigenvalue weighted by molar-refractivity contribution is 7.19. The van der Waals surface area contributed by atoms with E-state index in [0.717, 1.165) is 55.0 Å². The molecule has 0 atom stereocenters. The van der Waals surface area contributed by atoms with Crippen LogP contribution in [0.1, 0.15) is 5.56 Å². The van der Waals surface area contributed by atoms with Crippen LogP contribution < -0.4 is 20.7 Å². The minimum atomic E-state index is -2.89. The standard InChI is InChI=1S/C53H35N5Si/c54-36-45-52(57-48-28-14-10-24-41(48)42-25-11-15-29-49(42)57)35-47(56-53(45)58-50-30-16-12-26-43(50)44-27-13-17-31-51(44)58)46-34-40(32-33-55-46)59(37-18-4-1-5-19-37,38-20-6-2-7-21-38)39-22-8-3-9-23-39/h1-35H. The molecule has 0 aliphatic rings. The van der Waals surface area contributed by atoms with Crippen LogP contribution in [0.5, 0.6) is 0 Å². The maximum Gasteiger partial charge on any atom is 0.179 e. The third kappa shape index (κ3) is 5.30. The summed E-state index contributed by atoms with van der Waals surface area (Å²) in [6, 6.07) is 75.5. The summed E-state index contributed by atoms with van der Waals surface area (Å²) in [6.45, 7) is 0. The van der Waals surface area contributed by atoms with Crippen molar-refractivity contribution in [2.75, 3.05) is 0 Å². The third-order valence-electron chi connectivity index (χ3n) is 11.8. The summed E-state index contributed by atoms with van der Waals surface area (Å²) in [7, 11) is -2.89. The molecule has 7 aromatic carbocycles. The molecule has 0 aliphatic heterocycles. The van der Waals surface area contributed by atoms with Gasteiger partial charge in [0.15, 0.2) is 13.9 Å². The Kier molecular flexibility index (Phi) is 8.14. The van der Waals surface area contributed by atoms with Gasteiger partial charge in [0.05, 0.1) is 39.1 Å². The maximum absolute atomic E-state index is 11.3. The van der Waals surface area contributed by atoms with Crippen molar-refractivity contribution in [1.82, 2.24) is 19.1 Å². The first-order chi connectivity index (χ1) is 29.3. The minimum Gasteiger partial charge on any atom is -0.308 e. The number of hydrogen-bond donors (Lipinski definition) is 0. The van der Waals surface area contributed by atoms with Crippen LogP contribution in [-0.2, 0) is 0 Å². The van der Waals surface area contributed by atoms with E-state index < -0.39 is 8.07 Å². The molecule has 6 heteroatoms. The van der Waals surface area contributed by atoms with Crippen molar-refractivity contribution < 1.29 is 0 Å². The van der Waals surface area contributed by atoms with Crippen LogP contribution in [-0.4, -0.2) is 27.2 Å². The van der Waals surface area contributed by atoms with Crippen LogP contribution in [0.3, 0.4) is 0 Å². The Balaban J connectivity index is 1.26. The van der Waals surface area contributed by atoms with Crippen LogP contribution in [0.2, 0.25) is 0 Å². The predicted molar refractivity (Wildman–Crippen MR) is 244 cm³/mol. The molecular formula is C53H35N5Si. The number of benzene rings is 7. The molecule has 11 rings (SSSR count). The van der Waals surface area contributed by atoms with E-state index in [0.29, 0.717) is 17.1 Å². The average Bonchev–Trinajstić information content (AvgIpc) is 3.83. The van der Waals surface area contributed by atoms with E-state index >= 15 is 0 Å². The summed E-state index contributed by atoms with van der Waals surface area (Å²) in [6.07, 6.45) is 1.93. The number of aromatic nitrogens is 4. The highest BCUT2D eigenvalue weighted by Crippen LogP contribution is 2.38. The van der Waals surface area contributed by atoms with Crippen molar-refractivity contribution in [3.05, 3.63) is 218 Å². The van der Waals surface area contributed by atoms with Gasteiger partial charge in [-0.05, 0) is 63.2 Å². The van der Waals surface area contributed by atoms with Gasteiger partial charge in [0.1, 0.15) is 11.6 Å². The summed E-state index contributed by atoms with van der Waals surface area (Å²) in [4.78, 5) is 10.6. The first-order valence-electron chi connectivity index (χ1n) is 19.8. The molecule has 0 unspecified atom stereocenters. The van der Waals surface area contributed by atoms with Crippen molar-refractivity contribution in [1.29, 1.82) is 5.26 Å². The summed E-state index contributed by atoms with van der Waals surface area (Å²) < 4.78 is 4.39. The second kappa shape index (κ2) is 14.0. The van der Waals surface area contributed by atoms with Crippen molar-refractivity contribution >= 4 is 72.4 Å². The smallest absolute Gasteiger partial charge is 0.179 e. The molecule has 59 heavy (non-hydrogen) atoms. The lowest BCUT2D eigenvalue weighted by Crippen LogP contribution is -2.74. The summed E-state index contributed by atoms with van der Waals surface area (Å²) in [5.41, 5.74) is 6.62. The second-order valence-electron chi connectivity index (χ2n) is 14.9. The number of nitriles is 1. The Morgan fingerprint density at radius 2 is 0.814 bits per heavy atom. The normalized spacial score (nSPS) is 11.7. The Hall–Kier alpha value is -7.85. The summed E-state index contributed by atoms with van der Waals surface area (Å²) in [5, 5.41) is 20.8. The van der Waals surface area contributed by atoms with Gasteiger partial charge >= 0.3 is 0 Å². The predicted octanol–water partition coefficient (Wildman–Crippen LogP) is 9.59.